The summed E-state index contributed by atoms with van der Waals surface area (Å²) in [5.74, 6) is -0.344. The van der Waals surface area contributed by atoms with Gasteiger partial charge in [0.2, 0.25) is 0 Å². The Morgan fingerprint density at radius 1 is 1.37 bits per heavy atom. The fraction of sp³-hybridized carbons (Fsp3) is 0.467. The highest BCUT2D eigenvalue weighted by molar-refractivity contribution is 5.89. The van der Waals surface area contributed by atoms with Gasteiger partial charge in [0.15, 0.2) is 5.69 Å². The highest BCUT2D eigenvalue weighted by atomic mass is 16.5. The van der Waals surface area contributed by atoms with E-state index in [4.69, 9.17) is 4.74 Å². The van der Waals surface area contributed by atoms with Gasteiger partial charge in [-0.05, 0) is 44.4 Å². The van der Waals surface area contributed by atoms with Gasteiger partial charge in [-0.15, -0.1) is 0 Å². The molecule has 2 rings (SSSR count). The molecule has 102 valence electrons. The first-order chi connectivity index (χ1) is 9.10. The van der Waals surface area contributed by atoms with Gasteiger partial charge in [0.25, 0.3) is 0 Å². The van der Waals surface area contributed by atoms with Crippen molar-refractivity contribution in [2.24, 2.45) is 0 Å². The van der Waals surface area contributed by atoms with Gasteiger partial charge in [-0.25, -0.2) is 9.78 Å². The van der Waals surface area contributed by atoms with Gasteiger partial charge in [-0.1, -0.05) is 13.3 Å². The predicted octanol–water partition coefficient (Wildman–Crippen LogP) is 3.08. The zero-order valence-corrected chi connectivity index (χ0v) is 12.0. The molecule has 0 aliphatic rings. The van der Waals surface area contributed by atoms with Gasteiger partial charge in [0.1, 0.15) is 5.65 Å². The third-order valence-electron chi connectivity index (χ3n) is 3.34. The Labute approximate surface area is 113 Å². The van der Waals surface area contributed by atoms with E-state index >= 15 is 0 Å². The van der Waals surface area contributed by atoms with E-state index in [0.29, 0.717) is 12.3 Å². The van der Waals surface area contributed by atoms with Crippen LogP contribution in [0.25, 0.3) is 5.65 Å². The van der Waals surface area contributed by atoms with Crippen molar-refractivity contribution in [1.29, 1.82) is 0 Å². The number of nitrogens with zero attached hydrogens (tertiary/aromatic N) is 2. The van der Waals surface area contributed by atoms with Gasteiger partial charge in [0.05, 0.1) is 12.3 Å². The number of ether oxygens (including phenoxy) is 1. The first-order valence-corrected chi connectivity index (χ1v) is 6.74. The first kappa shape index (κ1) is 13.6. The summed E-state index contributed by atoms with van der Waals surface area (Å²) in [6.07, 6.45) is 3.99. The number of hydrogen-bond donors (Lipinski definition) is 0. The lowest BCUT2D eigenvalue weighted by atomic mass is 10.1. The van der Waals surface area contributed by atoms with Crippen LogP contribution < -0.4 is 0 Å². The van der Waals surface area contributed by atoms with Gasteiger partial charge in [0, 0.05) is 6.20 Å². The Morgan fingerprint density at radius 3 is 2.74 bits per heavy atom. The van der Waals surface area contributed by atoms with Gasteiger partial charge in [-0.3, -0.25) is 0 Å². The highest BCUT2D eigenvalue weighted by Crippen LogP contribution is 2.21. The zero-order chi connectivity index (χ0) is 14.0. The summed E-state index contributed by atoms with van der Waals surface area (Å²) in [6, 6.07) is 2.07. The molecule has 19 heavy (non-hydrogen) atoms. The van der Waals surface area contributed by atoms with E-state index in [2.05, 4.69) is 24.9 Å². The number of aryl methyl sites for hydroxylation is 3. The number of esters is 1. The van der Waals surface area contributed by atoms with Crippen molar-refractivity contribution in [1.82, 2.24) is 9.38 Å². The molecule has 0 aliphatic heterocycles. The fourth-order valence-corrected chi connectivity index (χ4v) is 2.32. The summed E-state index contributed by atoms with van der Waals surface area (Å²) < 4.78 is 7.03. The molecule has 0 atom stereocenters. The molecule has 0 unspecified atom stereocenters. The van der Waals surface area contributed by atoms with E-state index in [9.17, 15) is 4.79 Å². The number of carbonyl (C=O) groups is 1. The highest BCUT2D eigenvalue weighted by Gasteiger charge is 2.19. The Kier molecular flexibility index (Phi) is 3.88. The summed E-state index contributed by atoms with van der Waals surface area (Å²) in [5, 5.41) is 0. The van der Waals surface area contributed by atoms with Crippen LogP contribution in [0.3, 0.4) is 0 Å². The molecule has 0 bridgehead atoms. The molecule has 0 N–H and O–H groups in total. The molecule has 4 heteroatoms. The quantitative estimate of drug-likeness (QED) is 0.793. The second-order valence-electron chi connectivity index (χ2n) is 4.69. The van der Waals surface area contributed by atoms with Crippen LogP contribution in [0.15, 0.2) is 12.3 Å². The molecular weight excluding hydrogens is 240 g/mol. The first-order valence-electron chi connectivity index (χ1n) is 6.74. The van der Waals surface area contributed by atoms with Crippen molar-refractivity contribution in [3.8, 4) is 0 Å². The standard InChI is InChI=1S/C15H20N2O2/c1-5-7-12-10(3)8-9-17-11(4)13(16-14(12)17)15(18)19-6-2/h8-9H,5-7H2,1-4H3. The van der Waals surface area contributed by atoms with Crippen LogP contribution in [0.5, 0.6) is 0 Å². The smallest absolute Gasteiger partial charge is 0.358 e. The van der Waals surface area contributed by atoms with Crippen LogP contribution >= 0.6 is 0 Å². The van der Waals surface area contributed by atoms with Crippen LogP contribution in [-0.2, 0) is 11.2 Å². The van der Waals surface area contributed by atoms with Crippen molar-refractivity contribution in [2.45, 2.75) is 40.5 Å². The Bertz CT molecular complexity index is 614. The van der Waals surface area contributed by atoms with Gasteiger partial charge < -0.3 is 9.14 Å². The van der Waals surface area contributed by atoms with Crippen LogP contribution in [0, 0.1) is 13.8 Å². The van der Waals surface area contributed by atoms with Crippen LogP contribution in [0.1, 0.15) is 47.6 Å². The van der Waals surface area contributed by atoms with E-state index in [0.717, 1.165) is 24.2 Å². The maximum Gasteiger partial charge on any atom is 0.358 e. The minimum absolute atomic E-state index is 0.344. The SMILES string of the molecule is CCCc1c(C)ccn2c(C)c(C(=O)OCC)nc12. The van der Waals surface area contributed by atoms with Gasteiger partial charge in [-0.2, -0.15) is 0 Å². The average Bonchev–Trinajstić information content (AvgIpc) is 2.71. The number of imidazole rings is 1. The maximum atomic E-state index is 11.9. The largest absolute Gasteiger partial charge is 0.461 e. The van der Waals surface area contributed by atoms with Crippen molar-refractivity contribution < 1.29 is 9.53 Å². The second-order valence-corrected chi connectivity index (χ2v) is 4.69. The molecule has 0 aliphatic carbocycles. The van der Waals surface area contributed by atoms with E-state index in [1.807, 2.05) is 17.5 Å². The van der Waals surface area contributed by atoms with E-state index in [1.165, 1.54) is 11.1 Å². The fourth-order valence-electron chi connectivity index (χ4n) is 2.32. The molecule has 0 saturated carbocycles. The molecule has 0 radical (unpaired) electrons. The normalized spacial score (nSPS) is 10.9. The Balaban J connectivity index is 2.62. The van der Waals surface area contributed by atoms with Crippen LogP contribution in [0.2, 0.25) is 0 Å². The molecule has 0 aromatic carbocycles. The third-order valence-corrected chi connectivity index (χ3v) is 3.34. The number of rotatable bonds is 4. The predicted molar refractivity (Wildman–Crippen MR) is 74.6 cm³/mol. The summed E-state index contributed by atoms with van der Waals surface area (Å²) in [4.78, 5) is 16.4. The number of fused-ring (bicyclic) bond motifs is 1. The molecule has 0 spiro atoms. The average molecular weight is 260 g/mol. The minimum Gasteiger partial charge on any atom is -0.461 e. The van der Waals surface area contributed by atoms with Crippen molar-refractivity contribution in [3.63, 3.8) is 0 Å². The Hall–Kier alpha value is -1.84. The number of hydrogen-bond acceptors (Lipinski definition) is 3. The molecule has 2 aromatic heterocycles. The van der Waals surface area contributed by atoms with Crippen LogP contribution in [0.4, 0.5) is 0 Å². The van der Waals surface area contributed by atoms with Gasteiger partial charge >= 0.3 is 5.97 Å². The number of pyridine rings is 1. The lowest BCUT2D eigenvalue weighted by molar-refractivity contribution is 0.0519. The molecule has 4 nitrogen and oxygen atoms in total. The molecule has 0 fully saturated rings. The number of carbonyl (C=O) groups excluding carboxylic acids is 1. The third kappa shape index (κ3) is 2.35. The maximum absolute atomic E-state index is 11.9. The lowest BCUT2D eigenvalue weighted by Crippen LogP contribution is -2.06. The van der Waals surface area contributed by atoms with E-state index in [1.54, 1.807) is 6.92 Å². The van der Waals surface area contributed by atoms with E-state index in [-0.39, 0.29) is 5.97 Å². The van der Waals surface area contributed by atoms with Crippen LogP contribution in [-0.4, -0.2) is 22.0 Å². The van der Waals surface area contributed by atoms with Crippen molar-refractivity contribution >= 4 is 11.6 Å². The molecule has 2 heterocycles. The molecule has 0 saturated heterocycles. The zero-order valence-electron chi connectivity index (χ0n) is 12.0. The number of aromatic nitrogens is 2. The monoisotopic (exact) mass is 260 g/mol. The lowest BCUT2D eigenvalue weighted by Gasteiger charge is -2.06. The Morgan fingerprint density at radius 2 is 2.11 bits per heavy atom. The van der Waals surface area contributed by atoms with Crippen molar-refractivity contribution in [3.05, 3.63) is 34.8 Å². The summed E-state index contributed by atoms with van der Waals surface area (Å²) in [5.41, 5.74) is 4.57. The molecular formula is C15H20N2O2. The summed E-state index contributed by atoms with van der Waals surface area (Å²) in [7, 11) is 0. The molecule has 2 aromatic rings. The topological polar surface area (TPSA) is 43.6 Å². The van der Waals surface area contributed by atoms with E-state index < -0.39 is 0 Å². The minimum atomic E-state index is -0.344. The van der Waals surface area contributed by atoms with Crippen molar-refractivity contribution in [2.75, 3.05) is 6.61 Å². The summed E-state index contributed by atoms with van der Waals surface area (Å²) >= 11 is 0. The summed E-state index contributed by atoms with van der Waals surface area (Å²) in [6.45, 7) is 8.30. The second kappa shape index (κ2) is 5.43. The molecule has 0 amide bonds.